The third kappa shape index (κ3) is 3.68. The first-order valence-corrected chi connectivity index (χ1v) is 7.20. The van der Waals surface area contributed by atoms with Crippen LogP contribution in [0.25, 0.3) is 0 Å². The van der Waals surface area contributed by atoms with Crippen molar-refractivity contribution in [3.8, 4) is 11.5 Å². The van der Waals surface area contributed by atoms with Gasteiger partial charge in [0.2, 0.25) is 0 Å². The second kappa shape index (κ2) is 6.83. The average molecular weight is 371 g/mol. The van der Waals surface area contributed by atoms with Crippen LogP contribution in [0.1, 0.15) is 10.4 Å². The lowest BCUT2D eigenvalue weighted by Crippen LogP contribution is -2.12. The molecule has 0 aliphatic heterocycles. The monoisotopic (exact) mass is 369 g/mol. The molecule has 0 unspecified atom stereocenters. The molecule has 0 saturated heterocycles. The van der Waals surface area contributed by atoms with Crippen LogP contribution < -0.4 is 14.8 Å². The van der Waals surface area contributed by atoms with Crippen LogP contribution in [0.15, 0.2) is 40.9 Å². The summed E-state index contributed by atoms with van der Waals surface area (Å²) >= 11 is 9.40. The molecule has 2 aromatic rings. The highest BCUT2D eigenvalue weighted by atomic mass is 79.9. The number of methoxy groups -OCH3 is 2. The summed E-state index contributed by atoms with van der Waals surface area (Å²) in [6, 6.07) is 10.3. The second-order valence-corrected chi connectivity index (χ2v) is 5.47. The van der Waals surface area contributed by atoms with Crippen molar-refractivity contribution in [3.05, 3.63) is 51.5 Å². The van der Waals surface area contributed by atoms with Crippen LogP contribution in [0.5, 0.6) is 11.5 Å². The van der Waals surface area contributed by atoms with Gasteiger partial charge in [-0.1, -0.05) is 27.5 Å². The van der Waals surface area contributed by atoms with E-state index < -0.39 is 0 Å². The molecular formula is C15H13BrClNO3. The van der Waals surface area contributed by atoms with Gasteiger partial charge in [0.25, 0.3) is 5.91 Å². The summed E-state index contributed by atoms with van der Waals surface area (Å²) in [7, 11) is 3.03. The maximum absolute atomic E-state index is 12.2. The van der Waals surface area contributed by atoms with Crippen molar-refractivity contribution in [1.29, 1.82) is 0 Å². The minimum atomic E-state index is -0.248. The standard InChI is InChI=1S/C15H13BrClNO3/c1-20-13-8-14(21-2)12(7-11(13)17)18-15(19)9-3-5-10(16)6-4-9/h3-8H,1-2H3,(H,18,19). The third-order valence-electron chi connectivity index (χ3n) is 2.83. The fourth-order valence-electron chi connectivity index (χ4n) is 1.75. The highest BCUT2D eigenvalue weighted by Gasteiger charge is 2.13. The number of nitrogens with one attached hydrogen (secondary N) is 1. The summed E-state index contributed by atoms with van der Waals surface area (Å²) in [5, 5.41) is 3.16. The fraction of sp³-hybridized carbons (Fsp3) is 0.133. The Balaban J connectivity index is 2.28. The van der Waals surface area contributed by atoms with Crippen molar-refractivity contribution in [2.24, 2.45) is 0 Å². The van der Waals surface area contributed by atoms with E-state index >= 15 is 0 Å². The smallest absolute Gasteiger partial charge is 0.255 e. The Bertz CT molecular complexity index is 659. The van der Waals surface area contributed by atoms with Gasteiger partial charge in [0.15, 0.2) is 0 Å². The van der Waals surface area contributed by atoms with Crippen molar-refractivity contribution < 1.29 is 14.3 Å². The van der Waals surface area contributed by atoms with Crippen LogP contribution in [0.2, 0.25) is 5.02 Å². The summed E-state index contributed by atoms with van der Waals surface area (Å²) in [4.78, 5) is 12.2. The molecule has 1 N–H and O–H groups in total. The normalized spacial score (nSPS) is 10.1. The van der Waals surface area contributed by atoms with E-state index in [0.717, 1.165) is 4.47 Å². The molecule has 2 aromatic carbocycles. The predicted octanol–water partition coefficient (Wildman–Crippen LogP) is 4.37. The number of hydrogen-bond donors (Lipinski definition) is 1. The lowest BCUT2D eigenvalue weighted by Gasteiger charge is -2.13. The number of ether oxygens (including phenoxy) is 2. The molecule has 110 valence electrons. The van der Waals surface area contributed by atoms with Gasteiger partial charge in [-0.2, -0.15) is 0 Å². The van der Waals surface area contributed by atoms with E-state index in [1.165, 1.54) is 14.2 Å². The molecule has 21 heavy (non-hydrogen) atoms. The Kier molecular flexibility index (Phi) is 5.09. The zero-order valence-corrected chi connectivity index (χ0v) is 13.8. The largest absolute Gasteiger partial charge is 0.495 e. The van der Waals surface area contributed by atoms with E-state index in [9.17, 15) is 4.79 Å². The molecule has 0 aliphatic carbocycles. The topological polar surface area (TPSA) is 47.6 Å². The zero-order chi connectivity index (χ0) is 15.4. The van der Waals surface area contributed by atoms with Crippen LogP contribution in [-0.4, -0.2) is 20.1 Å². The highest BCUT2D eigenvalue weighted by molar-refractivity contribution is 9.10. The molecule has 0 radical (unpaired) electrons. The van der Waals surface area contributed by atoms with Crippen LogP contribution in [-0.2, 0) is 0 Å². The van der Waals surface area contributed by atoms with Crippen molar-refractivity contribution in [1.82, 2.24) is 0 Å². The number of anilines is 1. The summed E-state index contributed by atoms with van der Waals surface area (Å²) in [6.45, 7) is 0. The fourth-order valence-corrected chi connectivity index (χ4v) is 2.26. The van der Waals surface area contributed by atoms with E-state index in [2.05, 4.69) is 21.2 Å². The predicted molar refractivity (Wildman–Crippen MR) is 86.7 cm³/mol. The van der Waals surface area contributed by atoms with Crippen LogP contribution in [0.3, 0.4) is 0 Å². The molecule has 0 heterocycles. The Morgan fingerprint density at radius 1 is 1.10 bits per heavy atom. The first-order valence-electron chi connectivity index (χ1n) is 6.03. The SMILES string of the molecule is COc1cc(OC)c(NC(=O)c2ccc(Br)cc2)cc1Cl. The quantitative estimate of drug-likeness (QED) is 0.869. The van der Waals surface area contributed by atoms with Crippen LogP contribution in [0.4, 0.5) is 5.69 Å². The molecule has 0 atom stereocenters. The molecule has 6 heteroatoms. The van der Waals surface area contributed by atoms with Gasteiger partial charge in [0.05, 0.1) is 24.9 Å². The molecule has 1 amide bonds. The molecule has 0 aromatic heterocycles. The first-order chi connectivity index (χ1) is 10.0. The first kappa shape index (κ1) is 15.7. The summed E-state index contributed by atoms with van der Waals surface area (Å²) in [6.07, 6.45) is 0. The van der Waals surface area contributed by atoms with Gasteiger partial charge >= 0.3 is 0 Å². The maximum atomic E-state index is 12.2. The maximum Gasteiger partial charge on any atom is 0.255 e. The minimum Gasteiger partial charge on any atom is -0.495 e. The van der Waals surface area contributed by atoms with E-state index in [4.69, 9.17) is 21.1 Å². The van der Waals surface area contributed by atoms with Gasteiger partial charge in [0, 0.05) is 16.1 Å². The van der Waals surface area contributed by atoms with Gasteiger partial charge in [0.1, 0.15) is 11.5 Å². The number of carbonyl (C=O) groups is 1. The number of rotatable bonds is 4. The Morgan fingerprint density at radius 3 is 2.29 bits per heavy atom. The van der Waals surface area contributed by atoms with E-state index in [1.807, 2.05) is 0 Å². The highest BCUT2D eigenvalue weighted by Crippen LogP contribution is 2.36. The molecule has 4 nitrogen and oxygen atoms in total. The van der Waals surface area contributed by atoms with Gasteiger partial charge in [-0.05, 0) is 30.3 Å². The number of halogens is 2. The second-order valence-electron chi connectivity index (χ2n) is 4.15. The third-order valence-corrected chi connectivity index (χ3v) is 3.65. The molecule has 0 saturated carbocycles. The van der Waals surface area contributed by atoms with Gasteiger partial charge < -0.3 is 14.8 Å². The van der Waals surface area contributed by atoms with Crippen LogP contribution >= 0.6 is 27.5 Å². The average Bonchev–Trinajstić information content (AvgIpc) is 2.48. The van der Waals surface area contributed by atoms with Crippen molar-refractivity contribution in [2.75, 3.05) is 19.5 Å². The van der Waals surface area contributed by atoms with Gasteiger partial charge in [-0.25, -0.2) is 0 Å². The summed E-state index contributed by atoms with van der Waals surface area (Å²) in [5.41, 5.74) is 1.02. The van der Waals surface area contributed by atoms with Crippen molar-refractivity contribution >= 4 is 39.1 Å². The summed E-state index contributed by atoms with van der Waals surface area (Å²) in [5.74, 6) is 0.707. The Morgan fingerprint density at radius 2 is 1.71 bits per heavy atom. The molecular weight excluding hydrogens is 358 g/mol. The van der Waals surface area contributed by atoms with Gasteiger partial charge in [-0.3, -0.25) is 4.79 Å². The lowest BCUT2D eigenvalue weighted by molar-refractivity contribution is 0.102. The number of amides is 1. The molecule has 0 fully saturated rings. The minimum absolute atomic E-state index is 0.248. The summed E-state index contributed by atoms with van der Waals surface area (Å²) < 4.78 is 11.3. The van der Waals surface area contributed by atoms with Gasteiger partial charge in [-0.15, -0.1) is 0 Å². The lowest BCUT2D eigenvalue weighted by atomic mass is 10.2. The van der Waals surface area contributed by atoms with Crippen LogP contribution in [0, 0.1) is 0 Å². The number of benzene rings is 2. The zero-order valence-electron chi connectivity index (χ0n) is 11.4. The van der Waals surface area contributed by atoms with E-state index in [1.54, 1.807) is 36.4 Å². The number of hydrogen-bond acceptors (Lipinski definition) is 3. The molecule has 0 bridgehead atoms. The van der Waals surface area contributed by atoms with Crippen molar-refractivity contribution in [3.63, 3.8) is 0 Å². The van der Waals surface area contributed by atoms with Crippen molar-refractivity contribution in [2.45, 2.75) is 0 Å². The molecule has 0 aliphatic rings. The Labute approximate surface area is 136 Å². The number of carbonyl (C=O) groups excluding carboxylic acids is 1. The van der Waals surface area contributed by atoms with E-state index in [-0.39, 0.29) is 5.91 Å². The van der Waals surface area contributed by atoms with E-state index in [0.29, 0.717) is 27.8 Å². The molecule has 0 spiro atoms. The Hall–Kier alpha value is -1.72. The molecule has 2 rings (SSSR count).